The number of aldehydes is 1. The van der Waals surface area contributed by atoms with Crippen molar-refractivity contribution in [2.75, 3.05) is 11.1 Å². The van der Waals surface area contributed by atoms with Crippen LogP contribution >= 0.6 is 0 Å². The Morgan fingerprint density at radius 1 is 1.34 bits per heavy atom. The van der Waals surface area contributed by atoms with E-state index in [1.54, 1.807) is 6.92 Å². The lowest BCUT2D eigenvalue weighted by Gasteiger charge is -2.20. The van der Waals surface area contributed by atoms with E-state index in [2.05, 4.69) is 27.9 Å². The molecule has 0 bridgehead atoms. The van der Waals surface area contributed by atoms with Gasteiger partial charge in [-0.2, -0.15) is 0 Å². The van der Waals surface area contributed by atoms with Crippen LogP contribution in [0.1, 0.15) is 37.3 Å². The van der Waals surface area contributed by atoms with E-state index < -0.39 is 0 Å². The van der Waals surface area contributed by atoms with E-state index in [0.29, 0.717) is 23.5 Å². The minimum atomic E-state index is -0.206. The summed E-state index contributed by atoms with van der Waals surface area (Å²) < 4.78 is 2.05. The number of allylic oxidation sites excluding steroid dienone is 2. The zero-order valence-electron chi connectivity index (χ0n) is 18.6. The first-order valence-corrected chi connectivity index (χ1v) is 10.6. The normalized spacial score (nSPS) is 16.0. The fraction of sp³-hybridized carbons (Fsp3) is 0.280. The highest BCUT2D eigenvalue weighted by Gasteiger charge is 2.26. The second-order valence-corrected chi connectivity index (χ2v) is 8.40. The fourth-order valence-corrected chi connectivity index (χ4v) is 4.35. The predicted octanol–water partition coefficient (Wildman–Crippen LogP) is 4.42. The summed E-state index contributed by atoms with van der Waals surface area (Å²) in [6.07, 6.45) is 6.97. The molecule has 0 spiro atoms. The molecule has 1 atom stereocenters. The number of amides is 1. The molecule has 7 nitrogen and oxygen atoms in total. The topological polar surface area (TPSA) is 103 Å². The van der Waals surface area contributed by atoms with Gasteiger partial charge in [0.2, 0.25) is 0 Å². The first-order chi connectivity index (χ1) is 15.3. The number of nitrogens with one attached hydrogen (secondary N) is 1. The Kier molecular flexibility index (Phi) is 5.65. The SMILES string of the molecule is C=C(C)C(=O)Nc1ccc(-c2c(C3=CC[C@@H](C=O)CC3)c3c(N)ncnc3n2C)c(C)c1. The third-order valence-corrected chi connectivity index (χ3v) is 6.09. The standard InChI is InChI=1S/C25H27N5O2/c1-14(2)25(32)29-18-9-10-19(15(3)11-18)22-20(17-7-5-16(12-31)6-8-17)21-23(26)27-13-28-24(21)30(22)4/h7,9-13,16H,1,5-6,8H2,2-4H3,(H,29,32)(H2,26,27,28)/t16-/m1/s1. The molecule has 1 aliphatic rings. The molecule has 164 valence electrons. The average Bonchev–Trinajstić information content (AvgIpc) is 3.07. The molecule has 0 unspecified atom stereocenters. The van der Waals surface area contributed by atoms with E-state index >= 15 is 0 Å². The quantitative estimate of drug-likeness (QED) is 0.462. The molecule has 0 fully saturated rings. The van der Waals surface area contributed by atoms with Gasteiger partial charge in [0.15, 0.2) is 0 Å². The molecular weight excluding hydrogens is 402 g/mol. The Bertz CT molecular complexity index is 1290. The van der Waals surface area contributed by atoms with Crippen LogP contribution in [0.3, 0.4) is 0 Å². The van der Waals surface area contributed by atoms with E-state index in [0.717, 1.165) is 58.1 Å². The summed E-state index contributed by atoms with van der Waals surface area (Å²) in [5.41, 5.74) is 13.4. The summed E-state index contributed by atoms with van der Waals surface area (Å²) >= 11 is 0. The van der Waals surface area contributed by atoms with Crippen molar-refractivity contribution in [3.8, 4) is 11.3 Å². The summed E-state index contributed by atoms with van der Waals surface area (Å²) in [5.74, 6) is 0.291. The molecular formula is C25H27N5O2. The lowest BCUT2D eigenvalue weighted by atomic mass is 9.85. The van der Waals surface area contributed by atoms with Crippen molar-refractivity contribution in [3.63, 3.8) is 0 Å². The lowest BCUT2D eigenvalue weighted by molar-refractivity contribution is -0.113. The van der Waals surface area contributed by atoms with Crippen molar-refractivity contribution in [2.24, 2.45) is 13.0 Å². The molecule has 0 radical (unpaired) electrons. The van der Waals surface area contributed by atoms with Crippen LogP contribution in [0.25, 0.3) is 27.9 Å². The van der Waals surface area contributed by atoms with Gasteiger partial charge in [0.25, 0.3) is 5.91 Å². The molecule has 32 heavy (non-hydrogen) atoms. The van der Waals surface area contributed by atoms with Gasteiger partial charge in [-0.05, 0) is 56.4 Å². The van der Waals surface area contributed by atoms with Crippen molar-refractivity contribution in [1.82, 2.24) is 14.5 Å². The number of nitrogens with two attached hydrogens (primary N) is 1. The number of hydrogen-bond donors (Lipinski definition) is 2. The molecule has 7 heteroatoms. The van der Waals surface area contributed by atoms with Gasteiger partial charge in [-0.1, -0.05) is 18.7 Å². The number of hydrogen-bond acceptors (Lipinski definition) is 5. The summed E-state index contributed by atoms with van der Waals surface area (Å²) in [6.45, 7) is 7.38. The van der Waals surface area contributed by atoms with Gasteiger partial charge < -0.3 is 20.4 Å². The predicted molar refractivity (Wildman–Crippen MR) is 128 cm³/mol. The van der Waals surface area contributed by atoms with Crippen molar-refractivity contribution in [3.05, 3.63) is 53.9 Å². The summed E-state index contributed by atoms with van der Waals surface area (Å²) in [7, 11) is 1.97. The molecule has 1 aliphatic carbocycles. The van der Waals surface area contributed by atoms with Gasteiger partial charge in [-0.3, -0.25) is 4.79 Å². The van der Waals surface area contributed by atoms with Crippen molar-refractivity contribution >= 4 is 40.3 Å². The third kappa shape index (κ3) is 3.70. The molecule has 4 rings (SSSR count). The van der Waals surface area contributed by atoms with E-state index in [9.17, 15) is 9.59 Å². The van der Waals surface area contributed by atoms with Crippen molar-refractivity contribution in [2.45, 2.75) is 33.1 Å². The average molecular weight is 430 g/mol. The van der Waals surface area contributed by atoms with Crippen LogP contribution in [0.5, 0.6) is 0 Å². The van der Waals surface area contributed by atoms with Gasteiger partial charge >= 0.3 is 0 Å². The van der Waals surface area contributed by atoms with Crippen LogP contribution in [-0.4, -0.2) is 26.7 Å². The zero-order chi connectivity index (χ0) is 23.0. The Morgan fingerprint density at radius 2 is 2.12 bits per heavy atom. The smallest absolute Gasteiger partial charge is 0.250 e. The minimum absolute atomic E-state index is 0.0590. The number of fused-ring (bicyclic) bond motifs is 1. The summed E-state index contributed by atoms with van der Waals surface area (Å²) in [4.78, 5) is 32.0. The number of rotatable bonds is 5. The summed E-state index contributed by atoms with van der Waals surface area (Å²) in [5, 5.41) is 3.70. The number of carbonyl (C=O) groups is 2. The van der Waals surface area contributed by atoms with E-state index in [4.69, 9.17) is 5.73 Å². The molecule has 3 aromatic rings. The van der Waals surface area contributed by atoms with Crippen molar-refractivity contribution in [1.29, 1.82) is 0 Å². The highest BCUT2D eigenvalue weighted by Crippen LogP contribution is 2.43. The van der Waals surface area contributed by atoms with Crippen LogP contribution in [0.4, 0.5) is 11.5 Å². The Labute approximate surface area is 187 Å². The highest BCUT2D eigenvalue weighted by atomic mass is 16.1. The number of benzene rings is 1. The maximum absolute atomic E-state index is 12.0. The van der Waals surface area contributed by atoms with Crippen LogP contribution < -0.4 is 11.1 Å². The second-order valence-electron chi connectivity index (χ2n) is 8.40. The first-order valence-electron chi connectivity index (χ1n) is 10.6. The Hall–Kier alpha value is -3.74. The number of nitrogens with zero attached hydrogens (tertiary/aromatic N) is 3. The number of aromatic nitrogens is 3. The van der Waals surface area contributed by atoms with Crippen LogP contribution in [0.15, 0.2) is 42.8 Å². The summed E-state index contributed by atoms with van der Waals surface area (Å²) in [6, 6.07) is 5.84. The highest BCUT2D eigenvalue weighted by molar-refractivity contribution is 6.05. The van der Waals surface area contributed by atoms with Gasteiger partial charge in [0.05, 0.1) is 11.1 Å². The number of carbonyl (C=O) groups excluding carboxylic acids is 2. The molecule has 0 saturated carbocycles. The third-order valence-electron chi connectivity index (χ3n) is 6.09. The van der Waals surface area contributed by atoms with Gasteiger partial charge in [-0.15, -0.1) is 0 Å². The van der Waals surface area contributed by atoms with Crippen molar-refractivity contribution < 1.29 is 9.59 Å². The lowest BCUT2D eigenvalue weighted by Crippen LogP contribution is -2.12. The van der Waals surface area contributed by atoms with Gasteiger partial charge in [0, 0.05) is 35.4 Å². The maximum Gasteiger partial charge on any atom is 0.250 e. The second kappa shape index (κ2) is 8.42. The van der Waals surface area contributed by atoms with E-state index in [1.807, 2.05) is 36.7 Å². The molecule has 3 N–H and O–H groups in total. The van der Waals surface area contributed by atoms with Crippen LogP contribution in [-0.2, 0) is 16.6 Å². The molecule has 2 heterocycles. The fourth-order valence-electron chi connectivity index (χ4n) is 4.35. The largest absolute Gasteiger partial charge is 0.383 e. The molecule has 1 amide bonds. The van der Waals surface area contributed by atoms with E-state index in [1.165, 1.54) is 6.33 Å². The molecule has 1 aromatic carbocycles. The Balaban J connectivity index is 1.90. The molecule has 2 aromatic heterocycles. The van der Waals surface area contributed by atoms with Gasteiger partial charge in [-0.25, -0.2) is 9.97 Å². The van der Waals surface area contributed by atoms with Gasteiger partial charge in [0.1, 0.15) is 24.1 Å². The molecule has 0 aliphatic heterocycles. The monoisotopic (exact) mass is 429 g/mol. The molecule has 0 saturated heterocycles. The van der Waals surface area contributed by atoms with Crippen LogP contribution in [0.2, 0.25) is 0 Å². The minimum Gasteiger partial charge on any atom is -0.383 e. The number of nitrogen functional groups attached to an aromatic ring is 1. The van der Waals surface area contributed by atoms with Crippen LogP contribution in [0, 0.1) is 12.8 Å². The first kappa shape index (κ1) is 21.5. The number of anilines is 2. The maximum atomic E-state index is 12.0. The Morgan fingerprint density at radius 3 is 2.75 bits per heavy atom. The number of aryl methyl sites for hydroxylation is 2. The van der Waals surface area contributed by atoms with E-state index in [-0.39, 0.29) is 11.8 Å². The zero-order valence-corrected chi connectivity index (χ0v) is 18.6.